The van der Waals surface area contributed by atoms with E-state index in [0.717, 1.165) is 5.56 Å². The standard InChI is InChI=1S/C12H12ClN3O/c1-7-4-9(12(14)16-6-7)11(17)8-2-3-15-10(13)5-8/h2-6,11,17H,1H3,(H2,14,16). The summed E-state index contributed by atoms with van der Waals surface area (Å²) in [6.45, 7) is 1.89. The molecule has 0 saturated heterocycles. The Bertz CT molecular complexity index is 545. The van der Waals surface area contributed by atoms with Gasteiger partial charge in [0.1, 0.15) is 17.1 Å². The fraction of sp³-hybridized carbons (Fsp3) is 0.167. The summed E-state index contributed by atoms with van der Waals surface area (Å²) in [5.74, 6) is 0.316. The van der Waals surface area contributed by atoms with Crippen molar-refractivity contribution in [2.45, 2.75) is 13.0 Å². The minimum Gasteiger partial charge on any atom is -0.384 e. The van der Waals surface area contributed by atoms with Crippen LogP contribution in [0, 0.1) is 6.92 Å². The Labute approximate surface area is 104 Å². The summed E-state index contributed by atoms with van der Waals surface area (Å²) in [6.07, 6.45) is 2.36. The van der Waals surface area contributed by atoms with Crippen LogP contribution in [0.3, 0.4) is 0 Å². The second-order valence-electron chi connectivity index (χ2n) is 3.80. The van der Waals surface area contributed by atoms with Gasteiger partial charge in [-0.1, -0.05) is 11.6 Å². The third-order valence-electron chi connectivity index (χ3n) is 2.45. The number of nitrogen functional groups attached to an aromatic ring is 1. The van der Waals surface area contributed by atoms with Crippen molar-refractivity contribution in [3.8, 4) is 0 Å². The predicted octanol–water partition coefficient (Wildman–Crippen LogP) is 2.10. The van der Waals surface area contributed by atoms with E-state index in [0.29, 0.717) is 22.1 Å². The highest BCUT2D eigenvalue weighted by atomic mass is 35.5. The molecule has 88 valence electrons. The molecule has 2 heterocycles. The first-order valence-corrected chi connectivity index (χ1v) is 5.47. The van der Waals surface area contributed by atoms with Crippen molar-refractivity contribution in [2.75, 3.05) is 5.73 Å². The Morgan fingerprint density at radius 1 is 1.35 bits per heavy atom. The van der Waals surface area contributed by atoms with Crippen molar-refractivity contribution in [1.82, 2.24) is 9.97 Å². The van der Waals surface area contributed by atoms with Crippen LogP contribution in [0.5, 0.6) is 0 Å². The third-order valence-corrected chi connectivity index (χ3v) is 2.65. The lowest BCUT2D eigenvalue weighted by Gasteiger charge is -2.13. The molecule has 17 heavy (non-hydrogen) atoms. The molecule has 0 aliphatic heterocycles. The molecule has 0 aromatic carbocycles. The van der Waals surface area contributed by atoms with Gasteiger partial charge in [-0.15, -0.1) is 0 Å². The van der Waals surface area contributed by atoms with Crippen LogP contribution in [0.4, 0.5) is 5.82 Å². The summed E-state index contributed by atoms with van der Waals surface area (Å²) in [7, 11) is 0. The molecule has 0 aliphatic carbocycles. The lowest BCUT2D eigenvalue weighted by molar-refractivity contribution is 0.220. The largest absolute Gasteiger partial charge is 0.384 e. The first-order chi connectivity index (χ1) is 8.08. The van der Waals surface area contributed by atoms with Crippen LogP contribution in [-0.2, 0) is 0 Å². The van der Waals surface area contributed by atoms with E-state index in [4.69, 9.17) is 17.3 Å². The minimum atomic E-state index is -0.845. The highest BCUT2D eigenvalue weighted by molar-refractivity contribution is 6.29. The van der Waals surface area contributed by atoms with Gasteiger partial charge in [0.2, 0.25) is 0 Å². The molecule has 1 unspecified atom stereocenters. The minimum absolute atomic E-state index is 0.316. The van der Waals surface area contributed by atoms with Crippen molar-refractivity contribution in [3.63, 3.8) is 0 Å². The molecule has 4 nitrogen and oxygen atoms in total. The Balaban J connectivity index is 2.43. The Kier molecular flexibility index (Phi) is 3.26. The third kappa shape index (κ3) is 2.54. The number of aliphatic hydroxyl groups is 1. The molecular formula is C12H12ClN3O. The van der Waals surface area contributed by atoms with E-state index in [1.54, 1.807) is 30.6 Å². The molecule has 2 aromatic heterocycles. The molecule has 0 bridgehead atoms. The van der Waals surface area contributed by atoms with Gasteiger partial charge in [-0.25, -0.2) is 9.97 Å². The van der Waals surface area contributed by atoms with Gasteiger partial charge in [0.15, 0.2) is 0 Å². The molecule has 0 spiro atoms. The number of pyridine rings is 2. The monoisotopic (exact) mass is 249 g/mol. The maximum Gasteiger partial charge on any atom is 0.129 e. The van der Waals surface area contributed by atoms with E-state index in [1.807, 2.05) is 6.92 Å². The van der Waals surface area contributed by atoms with Gasteiger partial charge in [-0.2, -0.15) is 0 Å². The summed E-state index contributed by atoms with van der Waals surface area (Å²) in [5, 5.41) is 10.5. The molecule has 2 rings (SSSR count). The van der Waals surface area contributed by atoms with Crippen LogP contribution < -0.4 is 5.73 Å². The van der Waals surface area contributed by atoms with E-state index in [1.165, 1.54) is 0 Å². The van der Waals surface area contributed by atoms with E-state index in [2.05, 4.69) is 9.97 Å². The predicted molar refractivity (Wildman–Crippen MR) is 66.7 cm³/mol. The van der Waals surface area contributed by atoms with Crippen molar-refractivity contribution in [3.05, 3.63) is 52.4 Å². The number of aliphatic hydroxyl groups excluding tert-OH is 1. The molecule has 0 amide bonds. The zero-order valence-corrected chi connectivity index (χ0v) is 10.0. The van der Waals surface area contributed by atoms with Gasteiger partial charge < -0.3 is 10.8 Å². The van der Waals surface area contributed by atoms with E-state index in [9.17, 15) is 5.11 Å². The lowest BCUT2D eigenvalue weighted by Crippen LogP contribution is -2.06. The Hall–Kier alpha value is -1.65. The number of anilines is 1. The molecular weight excluding hydrogens is 238 g/mol. The van der Waals surface area contributed by atoms with Gasteiger partial charge in [0.05, 0.1) is 0 Å². The molecule has 0 fully saturated rings. The van der Waals surface area contributed by atoms with Crippen LogP contribution in [0.1, 0.15) is 22.8 Å². The second-order valence-corrected chi connectivity index (χ2v) is 4.19. The summed E-state index contributed by atoms with van der Waals surface area (Å²) in [5.41, 5.74) is 7.90. The summed E-state index contributed by atoms with van der Waals surface area (Å²) in [6, 6.07) is 5.10. The van der Waals surface area contributed by atoms with Crippen molar-refractivity contribution in [2.24, 2.45) is 0 Å². The maximum atomic E-state index is 10.2. The van der Waals surface area contributed by atoms with Crippen LogP contribution in [0.25, 0.3) is 0 Å². The molecule has 0 aliphatic rings. The molecule has 1 atom stereocenters. The molecule has 3 N–H and O–H groups in total. The quantitative estimate of drug-likeness (QED) is 0.800. The Morgan fingerprint density at radius 3 is 2.82 bits per heavy atom. The summed E-state index contributed by atoms with van der Waals surface area (Å²) in [4.78, 5) is 7.88. The van der Waals surface area contributed by atoms with Crippen molar-refractivity contribution in [1.29, 1.82) is 0 Å². The average molecular weight is 250 g/mol. The maximum absolute atomic E-state index is 10.2. The average Bonchev–Trinajstić information content (AvgIpc) is 2.31. The fourth-order valence-corrected chi connectivity index (χ4v) is 1.77. The van der Waals surface area contributed by atoms with E-state index < -0.39 is 6.10 Å². The van der Waals surface area contributed by atoms with Crippen molar-refractivity contribution < 1.29 is 5.11 Å². The van der Waals surface area contributed by atoms with Gasteiger partial charge in [0, 0.05) is 18.0 Å². The zero-order chi connectivity index (χ0) is 12.4. The molecule has 5 heteroatoms. The number of aryl methyl sites for hydroxylation is 1. The Morgan fingerprint density at radius 2 is 2.12 bits per heavy atom. The highest BCUT2D eigenvalue weighted by Crippen LogP contribution is 2.26. The topological polar surface area (TPSA) is 72.0 Å². The number of hydrogen-bond acceptors (Lipinski definition) is 4. The molecule has 0 radical (unpaired) electrons. The van der Waals surface area contributed by atoms with Gasteiger partial charge in [-0.3, -0.25) is 0 Å². The van der Waals surface area contributed by atoms with Gasteiger partial charge in [-0.05, 0) is 36.2 Å². The summed E-state index contributed by atoms with van der Waals surface area (Å²) < 4.78 is 0. The molecule has 0 saturated carbocycles. The first kappa shape index (κ1) is 11.8. The smallest absolute Gasteiger partial charge is 0.129 e. The van der Waals surface area contributed by atoms with Crippen LogP contribution >= 0.6 is 11.6 Å². The van der Waals surface area contributed by atoms with E-state index in [-0.39, 0.29) is 0 Å². The number of halogens is 1. The van der Waals surface area contributed by atoms with Crippen LogP contribution in [0.15, 0.2) is 30.6 Å². The SMILES string of the molecule is Cc1cnc(N)c(C(O)c2ccnc(Cl)c2)c1. The summed E-state index contributed by atoms with van der Waals surface area (Å²) >= 11 is 5.78. The number of rotatable bonds is 2. The number of nitrogens with zero attached hydrogens (tertiary/aromatic N) is 2. The lowest BCUT2D eigenvalue weighted by atomic mass is 10.0. The second kappa shape index (κ2) is 4.69. The normalized spacial score (nSPS) is 12.4. The highest BCUT2D eigenvalue weighted by Gasteiger charge is 2.15. The molecule has 2 aromatic rings. The zero-order valence-electron chi connectivity index (χ0n) is 9.26. The first-order valence-electron chi connectivity index (χ1n) is 5.09. The number of aromatic nitrogens is 2. The van der Waals surface area contributed by atoms with Gasteiger partial charge >= 0.3 is 0 Å². The van der Waals surface area contributed by atoms with Crippen molar-refractivity contribution >= 4 is 17.4 Å². The number of nitrogens with two attached hydrogens (primary N) is 1. The van der Waals surface area contributed by atoms with Gasteiger partial charge in [0.25, 0.3) is 0 Å². The van der Waals surface area contributed by atoms with E-state index >= 15 is 0 Å². The van der Waals surface area contributed by atoms with Crippen LogP contribution in [-0.4, -0.2) is 15.1 Å². The fourth-order valence-electron chi connectivity index (χ4n) is 1.59. The number of hydrogen-bond donors (Lipinski definition) is 2. The van der Waals surface area contributed by atoms with Crippen LogP contribution in [0.2, 0.25) is 5.15 Å².